The highest BCUT2D eigenvalue weighted by molar-refractivity contribution is 7.18. The number of rotatable bonds is 19. The lowest BCUT2D eigenvalue weighted by atomic mass is 9.77. The largest absolute Gasteiger partial charge is 0.466 e. The number of fused-ring (bicyclic) bond motifs is 2. The van der Waals surface area contributed by atoms with Gasteiger partial charge in [0.05, 0.1) is 25.2 Å². The summed E-state index contributed by atoms with van der Waals surface area (Å²) < 4.78 is 31.4. The van der Waals surface area contributed by atoms with Crippen LogP contribution in [0.5, 0.6) is 0 Å². The number of benzene rings is 2. The molecule has 280 valence electrons. The first-order valence-electron chi connectivity index (χ1n) is 18.7. The van der Waals surface area contributed by atoms with E-state index in [0.717, 1.165) is 45.2 Å². The van der Waals surface area contributed by atoms with Crippen LogP contribution in [0.3, 0.4) is 0 Å². The summed E-state index contributed by atoms with van der Waals surface area (Å²) in [5.41, 5.74) is 4.72. The van der Waals surface area contributed by atoms with Crippen LogP contribution >= 0.6 is 11.3 Å². The molecule has 0 bridgehead atoms. The molecular weight excluding hydrogens is 673 g/mol. The number of carbonyl (C=O) groups is 1. The molecule has 0 amide bonds. The summed E-state index contributed by atoms with van der Waals surface area (Å²) >= 11 is 1.80. The van der Waals surface area contributed by atoms with E-state index in [1.54, 1.807) is 25.6 Å². The Morgan fingerprint density at radius 2 is 1.79 bits per heavy atom. The van der Waals surface area contributed by atoms with Crippen molar-refractivity contribution in [3.05, 3.63) is 101 Å². The number of anilines is 1. The Labute approximate surface area is 314 Å². The molecule has 0 radical (unpaired) electrons. The van der Waals surface area contributed by atoms with Crippen LogP contribution < -0.4 is 9.47 Å². The third-order valence-electron chi connectivity index (χ3n) is 9.96. The topological polar surface area (TPSA) is 70.3 Å². The predicted molar refractivity (Wildman–Crippen MR) is 210 cm³/mol. The molecule has 1 atom stereocenters. The molecule has 9 heteroatoms. The Balaban J connectivity index is 1.39. The Morgan fingerprint density at radius 1 is 1.04 bits per heavy atom. The summed E-state index contributed by atoms with van der Waals surface area (Å²) in [6.07, 6.45) is 19.6. The number of ether oxygens (including phenoxy) is 5. The fraction of sp³-hybridized carbons (Fsp3) is 0.488. The van der Waals surface area contributed by atoms with Crippen molar-refractivity contribution in [1.82, 2.24) is 0 Å². The second-order valence-electron chi connectivity index (χ2n) is 14.3. The summed E-state index contributed by atoms with van der Waals surface area (Å²) in [6, 6.07) is 17.4. The molecule has 3 heterocycles. The normalized spacial score (nSPS) is 19.1. The molecule has 2 aromatic carbocycles. The van der Waals surface area contributed by atoms with Gasteiger partial charge < -0.3 is 28.6 Å². The van der Waals surface area contributed by atoms with Crippen molar-refractivity contribution in [1.29, 1.82) is 0 Å². The minimum absolute atomic E-state index is 0.108. The van der Waals surface area contributed by atoms with Crippen molar-refractivity contribution in [2.45, 2.75) is 90.8 Å². The number of esters is 1. The van der Waals surface area contributed by atoms with E-state index >= 15 is 0 Å². The van der Waals surface area contributed by atoms with Crippen molar-refractivity contribution < 1.29 is 33.0 Å². The van der Waals surface area contributed by atoms with Crippen molar-refractivity contribution >= 4 is 39.3 Å². The number of methoxy groups -OCH3 is 2. The molecule has 52 heavy (non-hydrogen) atoms. The molecule has 2 aliphatic heterocycles. The minimum Gasteiger partial charge on any atom is -0.466 e. The Bertz CT molecular complexity index is 1730. The second-order valence-corrected chi connectivity index (χ2v) is 15.3. The molecule has 0 spiro atoms. The van der Waals surface area contributed by atoms with E-state index < -0.39 is 0 Å². The number of unbranched alkanes of at least 4 members (excludes halogenated alkanes) is 2. The summed E-state index contributed by atoms with van der Waals surface area (Å²) in [7, 11) is 3.30. The van der Waals surface area contributed by atoms with Gasteiger partial charge in [-0.3, -0.25) is 4.79 Å². The summed E-state index contributed by atoms with van der Waals surface area (Å²) in [6.45, 7) is 12.0. The number of hydrogen-bond donors (Lipinski definition) is 0. The van der Waals surface area contributed by atoms with Crippen LogP contribution in [0.25, 0.3) is 16.3 Å². The van der Waals surface area contributed by atoms with Gasteiger partial charge in [-0.2, -0.15) is 4.57 Å². The molecule has 0 saturated carbocycles. The molecular formula is C43H57N2O6S+. The minimum atomic E-state index is -0.356. The van der Waals surface area contributed by atoms with Crippen LogP contribution in [0, 0.1) is 5.41 Å². The molecule has 5 rings (SSSR count). The number of para-hydroxylation sites is 2. The maximum Gasteiger partial charge on any atom is 0.305 e. The zero-order valence-corrected chi connectivity index (χ0v) is 32.7. The third-order valence-corrected chi connectivity index (χ3v) is 11.1. The van der Waals surface area contributed by atoms with Crippen LogP contribution in [-0.2, 0) is 40.4 Å². The van der Waals surface area contributed by atoms with E-state index in [1.165, 1.54) is 32.2 Å². The number of hydrogen-bond acceptors (Lipinski definition) is 8. The smallest absolute Gasteiger partial charge is 0.305 e. The first kappa shape index (κ1) is 39.6. The Kier molecular flexibility index (Phi) is 14.4. The fourth-order valence-corrected chi connectivity index (χ4v) is 8.40. The average molecular weight is 730 g/mol. The summed E-state index contributed by atoms with van der Waals surface area (Å²) in [5, 5.41) is 1.18. The lowest BCUT2D eigenvalue weighted by Crippen LogP contribution is -2.47. The van der Waals surface area contributed by atoms with Gasteiger partial charge in [0.1, 0.15) is 4.70 Å². The standard InChI is InChI=1S/C43H57N2O6S/c1-7-49-39(46)26-12-9-18-28-43(4)33-20-13-14-21-34(33)44(29-19-17-27-40(47-5)48-6)37(43)24-10-8-11-25-38-45(35-22-15-16-23-36(35)52-38)32-42(2,3)41-50-30-31-51-41/h8,10-11,13-17,20-25,27,40-41H,7,9,12,18-19,26,28-32H2,1-6H3/q+1/b27-17+. The molecule has 1 saturated heterocycles. The second kappa shape index (κ2) is 18.9. The van der Waals surface area contributed by atoms with Crippen LogP contribution in [-0.4, -0.2) is 59.1 Å². The molecule has 2 aliphatic rings. The molecule has 3 aromatic rings. The molecule has 0 aliphatic carbocycles. The Hall–Kier alpha value is -3.60. The predicted octanol–water partition coefficient (Wildman–Crippen LogP) is 8.90. The summed E-state index contributed by atoms with van der Waals surface area (Å²) in [5.74, 6) is -0.108. The molecule has 1 unspecified atom stereocenters. The maximum atomic E-state index is 11.9. The average Bonchev–Trinajstić information content (AvgIpc) is 3.86. The highest BCUT2D eigenvalue weighted by atomic mass is 32.1. The van der Waals surface area contributed by atoms with Gasteiger partial charge in [0.25, 0.3) is 5.01 Å². The van der Waals surface area contributed by atoms with Crippen LogP contribution in [0.4, 0.5) is 5.69 Å². The van der Waals surface area contributed by atoms with Crippen molar-refractivity contribution in [3.8, 4) is 0 Å². The Morgan fingerprint density at radius 3 is 2.56 bits per heavy atom. The van der Waals surface area contributed by atoms with Crippen molar-refractivity contribution in [3.63, 3.8) is 0 Å². The van der Waals surface area contributed by atoms with E-state index in [9.17, 15) is 4.79 Å². The number of allylic oxidation sites excluding steroid dienone is 5. The van der Waals surface area contributed by atoms with Gasteiger partial charge in [0.2, 0.25) is 5.52 Å². The van der Waals surface area contributed by atoms with Crippen molar-refractivity contribution in [2.24, 2.45) is 5.41 Å². The number of nitrogens with zero attached hydrogens (tertiary/aromatic N) is 2. The van der Waals surface area contributed by atoms with Crippen LogP contribution in [0.2, 0.25) is 0 Å². The third kappa shape index (κ3) is 9.68. The van der Waals surface area contributed by atoms with E-state index in [1.807, 2.05) is 13.0 Å². The zero-order chi connectivity index (χ0) is 37.0. The molecule has 1 aromatic heterocycles. The quantitative estimate of drug-likeness (QED) is 0.0305. The van der Waals surface area contributed by atoms with Crippen LogP contribution in [0.15, 0.2) is 90.7 Å². The van der Waals surface area contributed by atoms with E-state index in [0.29, 0.717) is 26.2 Å². The zero-order valence-electron chi connectivity index (χ0n) is 31.8. The SMILES string of the molecule is CCOC(=O)CCCCCC1(C)\C(=C/C=C/C=C/c2sc3ccccc3[n+]2CC(C)(C)C2OCCO2)N(CC/C=C/C(OC)OC)c2ccccc21. The summed E-state index contributed by atoms with van der Waals surface area (Å²) in [4.78, 5) is 14.4. The number of aromatic nitrogens is 1. The highest BCUT2D eigenvalue weighted by Gasteiger charge is 2.42. The van der Waals surface area contributed by atoms with Gasteiger partial charge in [0, 0.05) is 56.1 Å². The van der Waals surface area contributed by atoms with Gasteiger partial charge in [-0.15, -0.1) is 0 Å². The number of carbonyl (C=O) groups excluding carboxylic acids is 1. The van der Waals surface area contributed by atoms with Gasteiger partial charge in [0.15, 0.2) is 19.1 Å². The lowest BCUT2D eigenvalue weighted by Gasteiger charge is -2.30. The van der Waals surface area contributed by atoms with Gasteiger partial charge in [-0.05, 0) is 76.8 Å². The van der Waals surface area contributed by atoms with E-state index in [2.05, 4.69) is 115 Å². The van der Waals surface area contributed by atoms with E-state index in [4.69, 9.17) is 23.7 Å². The van der Waals surface area contributed by atoms with Crippen LogP contribution in [0.1, 0.15) is 76.8 Å². The molecule has 0 N–H and O–H groups in total. The number of thiazole rings is 1. The van der Waals surface area contributed by atoms with E-state index in [-0.39, 0.29) is 29.4 Å². The highest BCUT2D eigenvalue weighted by Crippen LogP contribution is 2.50. The lowest BCUT2D eigenvalue weighted by molar-refractivity contribution is -0.684. The molecule has 1 fully saturated rings. The fourth-order valence-electron chi connectivity index (χ4n) is 7.32. The van der Waals surface area contributed by atoms with Gasteiger partial charge in [-0.1, -0.05) is 78.8 Å². The maximum absolute atomic E-state index is 11.9. The van der Waals surface area contributed by atoms with Crippen molar-refractivity contribution in [2.75, 3.05) is 45.5 Å². The first-order chi connectivity index (χ1) is 25.2. The first-order valence-corrected chi connectivity index (χ1v) is 19.5. The van der Waals surface area contributed by atoms with Gasteiger partial charge in [-0.25, -0.2) is 0 Å². The van der Waals surface area contributed by atoms with Gasteiger partial charge >= 0.3 is 5.97 Å². The molecule has 8 nitrogen and oxygen atoms in total. The monoisotopic (exact) mass is 729 g/mol.